The van der Waals surface area contributed by atoms with E-state index in [9.17, 15) is 26.2 Å². The third kappa shape index (κ3) is 5.38. The molecule has 0 amide bonds. The molecule has 3 rings (SSSR count). The SMILES string of the molecule is CP(=O)(c1ccc(Cl)cc1NS(=O)(=O)c1ccc(Cl)c(C(F)(F)F)c1)N1CCOCC1. The van der Waals surface area contributed by atoms with Gasteiger partial charge in [-0.2, -0.15) is 13.2 Å². The van der Waals surface area contributed by atoms with Crippen LogP contribution < -0.4 is 10.0 Å². The molecule has 31 heavy (non-hydrogen) atoms. The standard InChI is InChI=1S/C18H18Cl2F3N2O4PS/c1-30(26,25-6-8-29-9-7-25)17-5-2-12(19)10-16(17)24-31(27,28)13-3-4-15(20)14(11-13)18(21,22)23/h2-5,10-11,24H,6-9H2,1H3. The molecule has 2 aromatic carbocycles. The van der Waals surface area contributed by atoms with Crippen molar-refractivity contribution in [3.05, 3.63) is 52.0 Å². The monoisotopic (exact) mass is 516 g/mol. The lowest BCUT2D eigenvalue weighted by atomic mass is 10.2. The molecule has 1 fully saturated rings. The van der Waals surface area contributed by atoms with Crippen molar-refractivity contribution in [1.82, 2.24) is 4.67 Å². The van der Waals surface area contributed by atoms with Crippen molar-refractivity contribution in [2.45, 2.75) is 11.1 Å². The van der Waals surface area contributed by atoms with E-state index in [1.807, 2.05) is 0 Å². The van der Waals surface area contributed by atoms with Gasteiger partial charge in [-0.1, -0.05) is 23.2 Å². The van der Waals surface area contributed by atoms with Crippen LogP contribution in [0.3, 0.4) is 0 Å². The minimum atomic E-state index is -4.83. The number of sulfonamides is 1. The average Bonchev–Trinajstić information content (AvgIpc) is 2.67. The minimum Gasteiger partial charge on any atom is -0.379 e. The Hall–Kier alpha value is -1.29. The fourth-order valence-electron chi connectivity index (χ4n) is 3.13. The van der Waals surface area contributed by atoms with E-state index >= 15 is 0 Å². The molecule has 13 heteroatoms. The van der Waals surface area contributed by atoms with Crippen molar-refractivity contribution in [2.24, 2.45) is 0 Å². The molecule has 0 radical (unpaired) electrons. The third-order valence-electron chi connectivity index (χ3n) is 4.73. The van der Waals surface area contributed by atoms with Gasteiger partial charge < -0.3 is 9.30 Å². The predicted octanol–water partition coefficient (Wildman–Crippen LogP) is 4.68. The number of nitrogens with zero attached hydrogens (tertiary/aromatic N) is 1. The molecular weight excluding hydrogens is 499 g/mol. The van der Waals surface area contributed by atoms with Crippen LogP contribution in [-0.4, -0.2) is 46.1 Å². The van der Waals surface area contributed by atoms with Crippen LogP contribution in [-0.2, 0) is 25.5 Å². The molecule has 0 aliphatic carbocycles. The maximum atomic E-state index is 13.6. The number of nitrogens with one attached hydrogen (secondary N) is 1. The second-order valence-electron chi connectivity index (χ2n) is 6.85. The summed E-state index contributed by atoms with van der Waals surface area (Å²) in [4.78, 5) is -0.646. The average molecular weight is 517 g/mol. The van der Waals surface area contributed by atoms with E-state index in [1.54, 1.807) is 4.67 Å². The maximum absolute atomic E-state index is 13.6. The molecule has 170 valence electrons. The van der Waals surface area contributed by atoms with Crippen LogP contribution in [0.15, 0.2) is 41.3 Å². The van der Waals surface area contributed by atoms with Crippen LogP contribution in [0.4, 0.5) is 18.9 Å². The van der Waals surface area contributed by atoms with Gasteiger partial charge in [0.05, 0.1) is 34.4 Å². The largest absolute Gasteiger partial charge is 0.417 e. The Bertz CT molecular complexity index is 1140. The predicted molar refractivity (Wildman–Crippen MR) is 114 cm³/mol. The summed E-state index contributed by atoms with van der Waals surface area (Å²) in [6.07, 6.45) is -4.83. The van der Waals surface area contributed by atoms with Gasteiger partial charge in [0, 0.05) is 30.1 Å². The first-order chi connectivity index (χ1) is 14.3. The summed E-state index contributed by atoms with van der Waals surface area (Å²) in [5.41, 5.74) is -1.36. The molecule has 1 saturated heterocycles. The topological polar surface area (TPSA) is 75.7 Å². The molecule has 1 aliphatic rings. The summed E-state index contributed by atoms with van der Waals surface area (Å²) < 4.78 is 88.0. The van der Waals surface area contributed by atoms with Crippen LogP contribution in [0.1, 0.15) is 5.56 Å². The molecule has 1 N–H and O–H groups in total. The Morgan fingerprint density at radius 3 is 2.35 bits per heavy atom. The minimum absolute atomic E-state index is 0.0756. The van der Waals surface area contributed by atoms with Crippen molar-refractivity contribution < 1.29 is 30.9 Å². The molecule has 0 aromatic heterocycles. The lowest BCUT2D eigenvalue weighted by Crippen LogP contribution is -2.37. The van der Waals surface area contributed by atoms with Crippen LogP contribution in [0.25, 0.3) is 0 Å². The van der Waals surface area contributed by atoms with E-state index in [0.29, 0.717) is 32.4 Å². The quantitative estimate of drug-likeness (QED) is 0.584. The van der Waals surface area contributed by atoms with Gasteiger partial charge in [0.15, 0.2) is 7.29 Å². The first-order valence-electron chi connectivity index (χ1n) is 8.93. The van der Waals surface area contributed by atoms with Gasteiger partial charge in [0.2, 0.25) is 0 Å². The lowest BCUT2D eigenvalue weighted by molar-refractivity contribution is -0.137. The molecule has 0 bridgehead atoms. The Kier molecular flexibility index (Phi) is 7.01. The van der Waals surface area contributed by atoms with Crippen molar-refractivity contribution in [3.63, 3.8) is 0 Å². The molecule has 2 aromatic rings. The van der Waals surface area contributed by atoms with E-state index in [4.69, 9.17) is 27.9 Å². The first-order valence-corrected chi connectivity index (χ1v) is 13.3. The van der Waals surface area contributed by atoms with Gasteiger partial charge in [-0.05, 0) is 36.4 Å². The van der Waals surface area contributed by atoms with Crippen molar-refractivity contribution in [1.29, 1.82) is 0 Å². The van der Waals surface area contributed by atoms with Gasteiger partial charge in [-0.15, -0.1) is 0 Å². The number of alkyl halides is 3. The van der Waals surface area contributed by atoms with Gasteiger partial charge >= 0.3 is 6.18 Å². The smallest absolute Gasteiger partial charge is 0.379 e. The van der Waals surface area contributed by atoms with Gasteiger partial charge in [-0.25, -0.2) is 13.1 Å². The van der Waals surface area contributed by atoms with Crippen LogP contribution in [0.2, 0.25) is 10.0 Å². The Balaban J connectivity index is 2.03. The van der Waals surface area contributed by atoms with Crippen LogP contribution in [0.5, 0.6) is 0 Å². The summed E-state index contributed by atoms with van der Waals surface area (Å²) in [5.74, 6) is 0. The zero-order valence-corrected chi connectivity index (χ0v) is 19.3. The third-order valence-corrected chi connectivity index (χ3v) is 9.42. The zero-order valence-electron chi connectivity index (χ0n) is 16.1. The van der Waals surface area contributed by atoms with Crippen molar-refractivity contribution in [2.75, 3.05) is 37.7 Å². The first kappa shape index (κ1) is 24.4. The van der Waals surface area contributed by atoms with Crippen LogP contribution in [0, 0.1) is 0 Å². The number of anilines is 1. The number of rotatable bonds is 5. The zero-order chi connectivity index (χ0) is 23.0. The van der Waals surface area contributed by atoms with E-state index in [0.717, 1.165) is 12.1 Å². The van der Waals surface area contributed by atoms with E-state index in [-0.39, 0.29) is 16.0 Å². The number of benzene rings is 2. The van der Waals surface area contributed by atoms with Crippen molar-refractivity contribution >= 4 is 51.5 Å². The highest BCUT2D eigenvalue weighted by molar-refractivity contribution is 7.92. The highest BCUT2D eigenvalue weighted by atomic mass is 35.5. The maximum Gasteiger partial charge on any atom is 0.417 e. The van der Waals surface area contributed by atoms with E-state index in [2.05, 4.69) is 4.72 Å². The Labute approximate surface area is 187 Å². The molecular formula is C18H18Cl2F3N2O4PS. The van der Waals surface area contributed by atoms with E-state index in [1.165, 1.54) is 24.9 Å². The Morgan fingerprint density at radius 1 is 1.10 bits per heavy atom. The highest BCUT2D eigenvalue weighted by Gasteiger charge is 2.35. The number of hydrogen-bond donors (Lipinski definition) is 1. The number of halogens is 5. The Morgan fingerprint density at radius 2 is 1.74 bits per heavy atom. The molecule has 1 aliphatic heterocycles. The second-order valence-corrected chi connectivity index (χ2v) is 12.2. The molecule has 6 nitrogen and oxygen atoms in total. The molecule has 0 spiro atoms. The van der Waals surface area contributed by atoms with Gasteiger partial charge in [0.1, 0.15) is 0 Å². The van der Waals surface area contributed by atoms with Crippen molar-refractivity contribution in [3.8, 4) is 0 Å². The van der Waals surface area contributed by atoms with Crippen LogP contribution >= 0.6 is 30.5 Å². The summed E-state index contributed by atoms with van der Waals surface area (Å²) in [7, 11) is -7.71. The van der Waals surface area contributed by atoms with E-state index < -0.39 is 39.0 Å². The fraction of sp³-hybridized carbons (Fsp3) is 0.333. The van der Waals surface area contributed by atoms with Gasteiger partial charge in [-0.3, -0.25) is 4.72 Å². The molecule has 1 atom stereocenters. The molecule has 1 heterocycles. The second kappa shape index (κ2) is 8.92. The summed E-state index contributed by atoms with van der Waals surface area (Å²) in [6, 6.07) is 6.44. The summed E-state index contributed by atoms with van der Waals surface area (Å²) >= 11 is 11.6. The summed E-state index contributed by atoms with van der Waals surface area (Å²) in [6.45, 7) is 3.00. The number of ether oxygens (including phenoxy) is 1. The highest BCUT2D eigenvalue weighted by Crippen LogP contribution is 2.47. The van der Waals surface area contributed by atoms with Gasteiger partial charge in [0.25, 0.3) is 10.0 Å². The summed E-state index contributed by atoms with van der Waals surface area (Å²) in [5, 5.41) is -0.275. The molecule has 1 unspecified atom stereocenters. The number of morpholine rings is 1. The normalized spacial score (nSPS) is 17.9. The lowest BCUT2D eigenvalue weighted by Gasteiger charge is -2.33. The number of hydrogen-bond acceptors (Lipinski definition) is 4. The fourth-order valence-corrected chi connectivity index (χ4v) is 6.85. The molecule has 0 saturated carbocycles.